The zero-order valence-electron chi connectivity index (χ0n) is 12.6. The second-order valence-electron chi connectivity index (χ2n) is 4.69. The van der Waals surface area contributed by atoms with Gasteiger partial charge in [-0.2, -0.15) is 0 Å². The first-order valence-corrected chi connectivity index (χ1v) is 10.0. The molecule has 1 unspecified atom stereocenters. The summed E-state index contributed by atoms with van der Waals surface area (Å²) < 4.78 is 33.4. The molecule has 0 bridgehead atoms. The van der Waals surface area contributed by atoms with Crippen LogP contribution in [-0.4, -0.2) is 34.7 Å². The SMILES string of the molecule is CCCC(COC)NS(=O)(=O)c1cc(CNCC)sc1Br. The number of hydrogen-bond donors (Lipinski definition) is 2. The lowest BCUT2D eigenvalue weighted by Gasteiger charge is -2.16. The number of nitrogens with one attached hydrogen (secondary N) is 2. The Bertz CT molecular complexity index is 526. The first-order valence-electron chi connectivity index (χ1n) is 6.94. The van der Waals surface area contributed by atoms with Gasteiger partial charge in [-0.05, 0) is 35.0 Å². The highest BCUT2D eigenvalue weighted by molar-refractivity contribution is 9.11. The molecule has 0 fully saturated rings. The zero-order chi connectivity index (χ0) is 15.9. The molecule has 1 heterocycles. The molecule has 21 heavy (non-hydrogen) atoms. The third kappa shape index (κ3) is 5.96. The van der Waals surface area contributed by atoms with Crippen LogP contribution in [-0.2, 0) is 21.3 Å². The second-order valence-corrected chi connectivity index (χ2v) is 8.83. The molecule has 0 aliphatic rings. The molecule has 0 aliphatic heterocycles. The highest BCUT2D eigenvalue weighted by atomic mass is 79.9. The lowest BCUT2D eigenvalue weighted by molar-refractivity contribution is 0.171. The maximum Gasteiger partial charge on any atom is 0.242 e. The molecule has 0 aromatic carbocycles. The van der Waals surface area contributed by atoms with E-state index in [-0.39, 0.29) is 6.04 Å². The van der Waals surface area contributed by atoms with Crippen LogP contribution < -0.4 is 10.0 Å². The van der Waals surface area contributed by atoms with Gasteiger partial charge in [-0.15, -0.1) is 11.3 Å². The van der Waals surface area contributed by atoms with Gasteiger partial charge in [0, 0.05) is 24.6 Å². The van der Waals surface area contributed by atoms with E-state index < -0.39 is 10.0 Å². The van der Waals surface area contributed by atoms with Gasteiger partial charge in [0.25, 0.3) is 0 Å². The molecule has 0 spiro atoms. The number of hydrogen-bond acceptors (Lipinski definition) is 5. The van der Waals surface area contributed by atoms with Gasteiger partial charge in [0.1, 0.15) is 4.90 Å². The van der Waals surface area contributed by atoms with Gasteiger partial charge in [0.2, 0.25) is 10.0 Å². The largest absolute Gasteiger partial charge is 0.383 e. The summed E-state index contributed by atoms with van der Waals surface area (Å²) in [5, 5.41) is 3.19. The number of ether oxygens (including phenoxy) is 1. The van der Waals surface area contributed by atoms with Crippen molar-refractivity contribution in [3.05, 3.63) is 14.7 Å². The Morgan fingerprint density at radius 2 is 2.14 bits per heavy atom. The van der Waals surface area contributed by atoms with Crippen LogP contribution in [0, 0.1) is 0 Å². The van der Waals surface area contributed by atoms with E-state index in [0.29, 0.717) is 21.8 Å². The van der Waals surface area contributed by atoms with Crippen molar-refractivity contribution in [2.24, 2.45) is 0 Å². The van der Waals surface area contributed by atoms with E-state index in [4.69, 9.17) is 4.74 Å². The van der Waals surface area contributed by atoms with Crippen molar-refractivity contribution in [1.82, 2.24) is 10.0 Å². The van der Waals surface area contributed by atoms with Crippen molar-refractivity contribution in [1.29, 1.82) is 0 Å². The van der Waals surface area contributed by atoms with Crippen LogP contribution in [0.15, 0.2) is 14.7 Å². The van der Waals surface area contributed by atoms with Crippen molar-refractivity contribution in [3.63, 3.8) is 0 Å². The Labute approximate surface area is 139 Å². The van der Waals surface area contributed by atoms with Gasteiger partial charge in [0.15, 0.2) is 0 Å². The summed E-state index contributed by atoms with van der Waals surface area (Å²) in [6.45, 7) is 5.93. The molecular weight excluding hydrogens is 376 g/mol. The quantitative estimate of drug-likeness (QED) is 0.635. The predicted octanol–water partition coefficient (Wildman–Crippen LogP) is 2.71. The Morgan fingerprint density at radius 1 is 1.43 bits per heavy atom. The van der Waals surface area contributed by atoms with E-state index >= 15 is 0 Å². The van der Waals surface area contributed by atoms with E-state index in [9.17, 15) is 8.42 Å². The van der Waals surface area contributed by atoms with Crippen LogP contribution in [0.25, 0.3) is 0 Å². The topological polar surface area (TPSA) is 67.4 Å². The molecule has 8 heteroatoms. The van der Waals surface area contributed by atoms with Crippen molar-refractivity contribution < 1.29 is 13.2 Å². The molecule has 0 saturated heterocycles. The van der Waals surface area contributed by atoms with E-state index in [1.165, 1.54) is 11.3 Å². The molecule has 0 aliphatic carbocycles. The van der Waals surface area contributed by atoms with Gasteiger partial charge >= 0.3 is 0 Å². The summed E-state index contributed by atoms with van der Waals surface area (Å²) in [6.07, 6.45) is 1.64. The van der Waals surface area contributed by atoms with Gasteiger partial charge < -0.3 is 10.1 Å². The molecule has 0 saturated carbocycles. The van der Waals surface area contributed by atoms with Crippen LogP contribution in [0.1, 0.15) is 31.6 Å². The Hall–Kier alpha value is 0.01000. The summed E-state index contributed by atoms with van der Waals surface area (Å²) in [6, 6.07) is 1.52. The second kappa shape index (κ2) is 9.22. The van der Waals surface area contributed by atoms with Gasteiger partial charge in [-0.25, -0.2) is 13.1 Å². The first-order chi connectivity index (χ1) is 9.94. The van der Waals surface area contributed by atoms with Crippen LogP contribution in [0.5, 0.6) is 0 Å². The van der Waals surface area contributed by atoms with Crippen LogP contribution in [0.2, 0.25) is 0 Å². The van der Waals surface area contributed by atoms with E-state index in [2.05, 4.69) is 26.0 Å². The third-order valence-corrected chi connectivity index (χ3v) is 6.64. The minimum atomic E-state index is -3.53. The summed E-state index contributed by atoms with van der Waals surface area (Å²) in [5.74, 6) is 0. The maximum absolute atomic E-state index is 12.5. The summed E-state index contributed by atoms with van der Waals surface area (Å²) in [5.41, 5.74) is 0. The fourth-order valence-electron chi connectivity index (χ4n) is 1.93. The normalized spacial score (nSPS) is 13.5. The lowest BCUT2D eigenvalue weighted by Crippen LogP contribution is -2.37. The number of halogens is 1. The third-order valence-electron chi connectivity index (χ3n) is 2.87. The Morgan fingerprint density at radius 3 is 2.71 bits per heavy atom. The average molecular weight is 399 g/mol. The van der Waals surface area contributed by atoms with E-state index in [0.717, 1.165) is 24.3 Å². The summed E-state index contributed by atoms with van der Waals surface area (Å²) >= 11 is 4.79. The maximum atomic E-state index is 12.5. The molecule has 2 N–H and O–H groups in total. The Kier molecular flexibility index (Phi) is 8.36. The van der Waals surface area contributed by atoms with Gasteiger partial charge in [-0.3, -0.25) is 0 Å². The number of sulfonamides is 1. The number of rotatable bonds is 10. The molecular formula is C13H23BrN2O3S2. The summed E-state index contributed by atoms with van der Waals surface area (Å²) in [4.78, 5) is 1.29. The van der Waals surface area contributed by atoms with Crippen molar-refractivity contribution in [2.75, 3.05) is 20.3 Å². The summed E-state index contributed by atoms with van der Waals surface area (Å²) in [7, 11) is -1.96. The molecule has 122 valence electrons. The van der Waals surface area contributed by atoms with Crippen LogP contribution >= 0.6 is 27.3 Å². The monoisotopic (exact) mass is 398 g/mol. The van der Waals surface area contributed by atoms with Crippen molar-refractivity contribution >= 4 is 37.3 Å². The standard InChI is InChI=1S/C13H23BrN2O3S2/c1-4-6-10(9-19-3)16-21(17,18)12-7-11(8-15-5-2)20-13(12)14/h7,10,15-16H,4-6,8-9H2,1-3H3. The van der Waals surface area contributed by atoms with E-state index in [1.807, 2.05) is 13.8 Å². The van der Waals surface area contributed by atoms with Crippen molar-refractivity contribution in [2.45, 2.75) is 44.2 Å². The number of thiophene rings is 1. The zero-order valence-corrected chi connectivity index (χ0v) is 15.8. The highest BCUT2D eigenvalue weighted by Gasteiger charge is 2.24. The fraction of sp³-hybridized carbons (Fsp3) is 0.692. The highest BCUT2D eigenvalue weighted by Crippen LogP contribution is 2.31. The number of methoxy groups -OCH3 is 1. The van der Waals surface area contributed by atoms with Gasteiger partial charge in [0.05, 0.1) is 10.4 Å². The first kappa shape index (κ1) is 19.1. The average Bonchev–Trinajstić information content (AvgIpc) is 2.78. The molecule has 5 nitrogen and oxygen atoms in total. The minimum absolute atomic E-state index is 0.200. The smallest absolute Gasteiger partial charge is 0.242 e. The molecule has 1 rings (SSSR count). The van der Waals surface area contributed by atoms with Crippen LogP contribution in [0.4, 0.5) is 0 Å². The fourth-order valence-corrected chi connectivity index (χ4v) is 5.83. The van der Waals surface area contributed by atoms with E-state index in [1.54, 1.807) is 13.2 Å². The molecule has 0 radical (unpaired) electrons. The Balaban J connectivity index is 2.88. The molecule has 1 aromatic heterocycles. The van der Waals surface area contributed by atoms with Crippen LogP contribution in [0.3, 0.4) is 0 Å². The predicted molar refractivity (Wildman–Crippen MR) is 90.3 cm³/mol. The lowest BCUT2D eigenvalue weighted by atomic mass is 10.2. The molecule has 0 amide bonds. The van der Waals surface area contributed by atoms with Gasteiger partial charge in [-0.1, -0.05) is 20.3 Å². The molecule has 1 aromatic rings. The molecule has 1 atom stereocenters. The van der Waals surface area contributed by atoms with Crippen molar-refractivity contribution in [3.8, 4) is 0 Å². The minimum Gasteiger partial charge on any atom is -0.383 e.